The number of hydrogen-bond acceptors (Lipinski definition) is 6. The van der Waals surface area contributed by atoms with Crippen molar-refractivity contribution in [1.29, 1.82) is 0 Å². The zero-order valence-electron chi connectivity index (χ0n) is 12.2. The number of anilines is 1. The molecular weight excluding hydrogens is 314 g/mol. The van der Waals surface area contributed by atoms with Gasteiger partial charge in [0.15, 0.2) is 5.69 Å². The number of benzene rings is 1. The molecule has 0 unspecified atom stereocenters. The van der Waals surface area contributed by atoms with Crippen molar-refractivity contribution >= 4 is 33.9 Å². The van der Waals surface area contributed by atoms with Gasteiger partial charge in [-0.25, -0.2) is 0 Å². The second-order valence-corrected chi connectivity index (χ2v) is 4.98. The second-order valence-electron chi connectivity index (χ2n) is 4.64. The van der Waals surface area contributed by atoms with E-state index >= 15 is 0 Å². The van der Waals surface area contributed by atoms with Crippen molar-refractivity contribution in [3.05, 3.63) is 37.9 Å². The van der Waals surface area contributed by atoms with E-state index in [2.05, 4.69) is 0 Å². The van der Waals surface area contributed by atoms with E-state index in [9.17, 15) is 25.0 Å². The minimum Gasteiger partial charge on any atom is -0.360 e. The lowest BCUT2D eigenvalue weighted by Crippen LogP contribution is -2.26. The number of carbonyl (C=O) groups excluding carboxylic acids is 1. The lowest BCUT2D eigenvalue weighted by atomic mass is 10.1. The Morgan fingerprint density at radius 2 is 1.50 bits per heavy atom. The standard InChI is InChI=1S/C13H16ClN3O5/c1-3-5-15(6-4-2)12-10(16(19)20)7-9(13(14)18)8-11(12)17(21)22/h7-8H,3-6H2,1-2H3. The summed E-state index contributed by atoms with van der Waals surface area (Å²) in [7, 11) is 0. The van der Waals surface area contributed by atoms with Gasteiger partial charge < -0.3 is 4.90 Å². The van der Waals surface area contributed by atoms with Gasteiger partial charge in [0.05, 0.1) is 9.85 Å². The van der Waals surface area contributed by atoms with Gasteiger partial charge in [-0.2, -0.15) is 0 Å². The van der Waals surface area contributed by atoms with Crippen LogP contribution in [-0.4, -0.2) is 28.2 Å². The van der Waals surface area contributed by atoms with Crippen molar-refractivity contribution in [3.8, 4) is 0 Å². The molecule has 0 aromatic heterocycles. The van der Waals surface area contributed by atoms with Crippen LogP contribution in [0.25, 0.3) is 0 Å². The van der Waals surface area contributed by atoms with Crippen LogP contribution in [0.3, 0.4) is 0 Å². The molecule has 0 fully saturated rings. The van der Waals surface area contributed by atoms with Crippen LogP contribution in [0.5, 0.6) is 0 Å². The molecule has 0 atom stereocenters. The minimum atomic E-state index is -0.977. The highest BCUT2D eigenvalue weighted by Gasteiger charge is 2.31. The van der Waals surface area contributed by atoms with Crippen molar-refractivity contribution in [3.63, 3.8) is 0 Å². The summed E-state index contributed by atoms with van der Waals surface area (Å²) in [6, 6.07) is 1.96. The Morgan fingerprint density at radius 1 is 1.09 bits per heavy atom. The predicted octanol–water partition coefficient (Wildman–Crippen LogP) is 3.51. The number of nitrogens with zero attached hydrogens (tertiary/aromatic N) is 3. The lowest BCUT2D eigenvalue weighted by molar-refractivity contribution is -0.392. The normalized spacial score (nSPS) is 10.3. The van der Waals surface area contributed by atoms with Crippen LogP contribution < -0.4 is 4.90 Å². The molecular formula is C13H16ClN3O5. The third-order valence-corrected chi connectivity index (χ3v) is 3.21. The molecule has 0 heterocycles. The number of nitro benzene ring substituents is 2. The van der Waals surface area contributed by atoms with E-state index in [4.69, 9.17) is 11.6 Å². The van der Waals surface area contributed by atoms with Crippen LogP contribution in [0.4, 0.5) is 17.1 Å². The maximum atomic E-state index is 11.3. The number of halogens is 1. The molecule has 0 saturated heterocycles. The first-order valence-electron chi connectivity index (χ1n) is 6.75. The monoisotopic (exact) mass is 329 g/mol. The van der Waals surface area contributed by atoms with Crippen molar-refractivity contribution < 1.29 is 14.6 Å². The minimum absolute atomic E-state index is 0.0830. The number of hydrogen-bond donors (Lipinski definition) is 0. The van der Waals surface area contributed by atoms with E-state index in [0.29, 0.717) is 25.9 Å². The maximum Gasteiger partial charge on any atom is 0.300 e. The first-order chi connectivity index (χ1) is 10.3. The Kier molecular flexibility index (Phi) is 6.24. The Labute approximate surface area is 132 Å². The summed E-state index contributed by atoms with van der Waals surface area (Å²) in [5.41, 5.74) is -1.32. The molecule has 0 aliphatic carbocycles. The molecule has 0 aliphatic rings. The highest BCUT2D eigenvalue weighted by Crippen LogP contribution is 2.39. The van der Waals surface area contributed by atoms with Gasteiger partial charge in [-0.3, -0.25) is 25.0 Å². The first-order valence-corrected chi connectivity index (χ1v) is 7.12. The fourth-order valence-corrected chi connectivity index (χ4v) is 2.30. The maximum absolute atomic E-state index is 11.3. The predicted molar refractivity (Wildman–Crippen MR) is 82.7 cm³/mol. The van der Waals surface area contributed by atoms with Gasteiger partial charge in [-0.15, -0.1) is 0 Å². The van der Waals surface area contributed by atoms with Gasteiger partial charge in [0.25, 0.3) is 16.6 Å². The van der Waals surface area contributed by atoms with E-state index in [1.54, 1.807) is 4.90 Å². The lowest BCUT2D eigenvalue weighted by Gasteiger charge is -2.23. The average Bonchev–Trinajstić information content (AvgIpc) is 2.45. The van der Waals surface area contributed by atoms with Crippen molar-refractivity contribution in [2.45, 2.75) is 26.7 Å². The second kappa shape index (κ2) is 7.69. The summed E-state index contributed by atoms with van der Waals surface area (Å²) >= 11 is 5.31. The third kappa shape index (κ3) is 3.91. The zero-order chi connectivity index (χ0) is 16.9. The van der Waals surface area contributed by atoms with Gasteiger partial charge in [-0.1, -0.05) is 13.8 Å². The molecule has 0 aliphatic heterocycles. The summed E-state index contributed by atoms with van der Waals surface area (Å²) in [5, 5.41) is 21.6. The van der Waals surface area contributed by atoms with Crippen molar-refractivity contribution in [1.82, 2.24) is 0 Å². The van der Waals surface area contributed by atoms with E-state index < -0.39 is 26.5 Å². The molecule has 1 aromatic rings. The van der Waals surface area contributed by atoms with Crippen molar-refractivity contribution in [2.24, 2.45) is 0 Å². The van der Waals surface area contributed by atoms with Gasteiger partial charge in [0, 0.05) is 30.8 Å². The van der Waals surface area contributed by atoms with Crippen LogP contribution in [0, 0.1) is 20.2 Å². The molecule has 1 aromatic carbocycles. The smallest absolute Gasteiger partial charge is 0.300 e. The number of nitro groups is 2. The van der Waals surface area contributed by atoms with Gasteiger partial charge in [0.2, 0.25) is 0 Å². The molecule has 22 heavy (non-hydrogen) atoms. The quantitative estimate of drug-likeness (QED) is 0.410. The Hall–Kier alpha value is -2.22. The Morgan fingerprint density at radius 3 is 1.77 bits per heavy atom. The SMILES string of the molecule is CCCN(CCC)c1c([N+](=O)[O-])cc(C(=O)Cl)cc1[N+](=O)[O-]. The molecule has 1 rings (SSSR count). The largest absolute Gasteiger partial charge is 0.360 e. The zero-order valence-corrected chi connectivity index (χ0v) is 13.0. The molecule has 0 spiro atoms. The topological polar surface area (TPSA) is 107 Å². The van der Waals surface area contributed by atoms with Crippen LogP contribution in [0.1, 0.15) is 37.0 Å². The molecule has 120 valence electrons. The highest BCUT2D eigenvalue weighted by atomic mass is 35.5. The van der Waals surface area contributed by atoms with Crippen molar-refractivity contribution in [2.75, 3.05) is 18.0 Å². The fourth-order valence-electron chi connectivity index (χ4n) is 2.20. The molecule has 0 bridgehead atoms. The van der Waals surface area contributed by atoms with Crippen LogP contribution in [0.2, 0.25) is 0 Å². The van der Waals surface area contributed by atoms with Gasteiger partial charge >= 0.3 is 0 Å². The van der Waals surface area contributed by atoms with E-state index in [1.165, 1.54) is 0 Å². The van der Waals surface area contributed by atoms with E-state index in [1.807, 2.05) is 13.8 Å². The summed E-state index contributed by atoms with van der Waals surface area (Å²) in [6.07, 6.45) is 1.34. The molecule has 0 amide bonds. The molecule has 0 N–H and O–H groups in total. The molecule has 0 radical (unpaired) electrons. The Bertz CT molecular complexity index is 564. The van der Waals surface area contributed by atoms with Crippen LogP contribution in [0.15, 0.2) is 12.1 Å². The van der Waals surface area contributed by atoms with E-state index in [0.717, 1.165) is 12.1 Å². The number of carbonyl (C=O) groups is 1. The summed E-state index contributed by atoms with van der Waals surface area (Å²) in [4.78, 5) is 33.9. The van der Waals surface area contributed by atoms with Gasteiger partial charge in [0.1, 0.15) is 0 Å². The Balaban J connectivity index is 3.66. The summed E-state index contributed by atoms with van der Waals surface area (Å²) < 4.78 is 0. The van der Waals surface area contributed by atoms with Gasteiger partial charge in [-0.05, 0) is 24.4 Å². The van der Waals surface area contributed by atoms with Crippen LogP contribution in [-0.2, 0) is 0 Å². The fraction of sp³-hybridized carbons (Fsp3) is 0.462. The first kappa shape index (κ1) is 17.8. The van der Waals surface area contributed by atoms with Crippen LogP contribution >= 0.6 is 11.6 Å². The molecule has 9 heteroatoms. The molecule has 0 saturated carbocycles. The number of rotatable bonds is 8. The van der Waals surface area contributed by atoms with E-state index in [-0.39, 0.29) is 11.3 Å². The average molecular weight is 330 g/mol. The highest BCUT2D eigenvalue weighted by molar-refractivity contribution is 6.67. The molecule has 8 nitrogen and oxygen atoms in total. The summed E-state index contributed by atoms with van der Waals surface area (Å²) in [5.74, 6) is 0. The summed E-state index contributed by atoms with van der Waals surface area (Å²) in [6.45, 7) is 4.61. The third-order valence-electron chi connectivity index (χ3n) is 2.99.